The normalized spacial score (nSPS) is 19.4. The van der Waals surface area contributed by atoms with E-state index in [0.29, 0.717) is 54.4 Å². The molecule has 6 atom stereocenters. The number of carbonyl (C=O) groups is 4. The van der Waals surface area contributed by atoms with Gasteiger partial charge in [0.15, 0.2) is 0 Å². The number of piperazine rings is 1. The van der Waals surface area contributed by atoms with Crippen LogP contribution in [0.15, 0.2) is 67.0 Å². The molecule has 4 aromatic rings. The highest BCUT2D eigenvalue weighted by atomic mass is 19.4. The van der Waals surface area contributed by atoms with Gasteiger partial charge in [0.2, 0.25) is 11.8 Å². The van der Waals surface area contributed by atoms with E-state index in [2.05, 4.69) is 42.2 Å². The van der Waals surface area contributed by atoms with E-state index in [1.807, 2.05) is 17.4 Å². The summed E-state index contributed by atoms with van der Waals surface area (Å²) in [5.74, 6) is 1.12. The van der Waals surface area contributed by atoms with Gasteiger partial charge in [0.05, 0.1) is 75.1 Å². The van der Waals surface area contributed by atoms with Gasteiger partial charge in [0, 0.05) is 72.9 Å². The van der Waals surface area contributed by atoms with E-state index in [1.165, 1.54) is 0 Å². The fourth-order valence-electron chi connectivity index (χ4n) is 10.3. The Morgan fingerprint density at radius 2 is 1.46 bits per heavy atom. The average Bonchev–Trinajstić information content (AvgIpc) is 4.06. The Bertz CT molecular complexity index is 2820. The van der Waals surface area contributed by atoms with E-state index < -0.39 is 102 Å². The monoisotopic (exact) mass is 1090 g/mol. The Kier molecular flexibility index (Phi) is 17.5. The van der Waals surface area contributed by atoms with E-state index in [9.17, 15) is 37.5 Å². The first-order valence-corrected chi connectivity index (χ1v) is 26.1. The lowest BCUT2D eigenvalue weighted by atomic mass is 9.78. The number of rotatable bonds is 19. The first kappa shape index (κ1) is 57.5. The van der Waals surface area contributed by atoms with E-state index >= 15 is 8.78 Å². The first-order valence-electron chi connectivity index (χ1n) is 26.1. The zero-order chi connectivity index (χ0) is 56.3. The fraction of sp³-hybridized carbons (Fsp3) is 0.536. The van der Waals surface area contributed by atoms with E-state index in [1.54, 1.807) is 68.2 Å². The Morgan fingerprint density at radius 3 is 2.01 bits per heavy atom. The molecule has 1 saturated carbocycles. The molecule has 2 aromatic carbocycles. The van der Waals surface area contributed by atoms with Crippen molar-refractivity contribution in [3.8, 4) is 23.1 Å². The maximum Gasteiger partial charge on any atom is 0.407 e. The second kappa shape index (κ2) is 23.7. The quantitative estimate of drug-likeness (QED) is 0.0346. The van der Waals surface area contributed by atoms with Crippen LogP contribution in [0.3, 0.4) is 0 Å². The van der Waals surface area contributed by atoms with Crippen LogP contribution in [0.5, 0.6) is 0 Å². The lowest BCUT2D eigenvalue weighted by Gasteiger charge is -2.47. The summed E-state index contributed by atoms with van der Waals surface area (Å²) in [5.41, 5.74) is 0.476. The minimum atomic E-state index is -5.05. The number of anilines is 1. The van der Waals surface area contributed by atoms with Crippen LogP contribution in [0.25, 0.3) is 11.3 Å². The molecule has 4 aliphatic rings. The maximum atomic E-state index is 16.2. The van der Waals surface area contributed by atoms with Gasteiger partial charge in [-0.3, -0.25) is 29.4 Å². The molecule has 5 heterocycles. The lowest BCUT2D eigenvalue weighted by molar-refractivity contribution is -0.220. The number of hydrazine groups is 1. The number of carbonyl (C=O) groups excluding carboxylic acids is 4. The van der Waals surface area contributed by atoms with Crippen molar-refractivity contribution in [3.05, 3.63) is 101 Å². The molecule has 0 spiro atoms. The number of aromatic nitrogens is 3. The molecule has 2 bridgehead atoms. The zero-order valence-electron chi connectivity index (χ0n) is 44.8. The number of pyridine rings is 1. The number of benzene rings is 2. The number of nitrogens with one attached hydrogen (secondary N) is 3. The third-order valence-electron chi connectivity index (χ3n) is 15.3. The van der Waals surface area contributed by atoms with Crippen molar-refractivity contribution < 1.29 is 60.4 Å². The number of fused-ring (bicyclic) bond motifs is 2. The number of nitrogens with zero attached hydrogens (tertiary/aromatic N) is 6. The van der Waals surface area contributed by atoms with E-state index in [4.69, 9.17) is 14.5 Å². The maximum absolute atomic E-state index is 16.2. The van der Waals surface area contributed by atoms with Crippen LogP contribution in [-0.4, -0.2) is 143 Å². The predicted molar refractivity (Wildman–Crippen MR) is 277 cm³/mol. The predicted octanol–water partition coefficient (Wildman–Crippen LogP) is 6.47. The minimum Gasteiger partial charge on any atom is -0.469 e. The molecule has 17 nitrogen and oxygen atoms in total. The second-order valence-electron chi connectivity index (χ2n) is 22.3. The number of alkyl halides is 3. The molecule has 2 aromatic heterocycles. The molecule has 3 saturated heterocycles. The van der Waals surface area contributed by atoms with Crippen molar-refractivity contribution in [2.75, 3.05) is 52.0 Å². The van der Waals surface area contributed by atoms with Gasteiger partial charge in [-0.2, -0.15) is 18.3 Å². The van der Waals surface area contributed by atoms with Gasteiger partial charge in [0.25, 0.3) is 0 Å². The summed E-state index contributed by atoms with van der Waals surface area (Å²) in [6.07, 6.45) is -1.25. The second-order valence-corrected chi connectivity index (χ2v) is 22.3. The number of ether oxygens (including phenoxy) is 3. The van der Waals surface area contributed by atoms with Crippen molar-refractivity contribution in [2.24, 2.45) is 16.7 Å². The number of hydrogen-bond acceptors (Lipinski definition) is 13. The number of aliphatic hydroxyl groups is 1. The highest BCUT2D eigenvalue weighted by molar-refractivity contribution is 5.87. The average molecular weight is 1090 g/mol. The summed E-state index contributed by atoms with van der Waals surface area (Å²) < 4.78 is 92.9. The summed E-state index contributed by atoms with van der Waals surface area (Å²) in [5, 5.41) is 22.1. The lowest BCUT2D eigenvalue weighted by Crippen LogP contribution is -2.62. The summed E-state index contributed by atoms with van der Waals surface area (Å²) in [6, 6.07) is 12.2. The highest BCUT2D eigenvalue weighted by Crippen LogP contribution is 2.41. The molecule has 1 aliphatic carbocycles. The number of aliphatic hydroxyl groups excluding tert-OH is 1. The van der Waals surface area contributed by atoms with Crippen LogP contribution in [0.1, 0.15) is 95.0 Å². The molecular weight excluding hydrogens is 1020 g/mol. The van der Waals surface area contributed by atoms with E-state index in [0.717, 1.165) is 89.2 Å². The number of methoxy groups -OCH3 is 2. The highest BCUT2D eigenvalue weighted by Gasteiger charge is 2.56. The fourth-order valence-corrected chi connectivity index (χ4v) is 10.3. The number of halogens is 5. The molecule has 8 rings (SSSR count). The third kappa shape index (κ3) is 13.6. The van der Waals surface area contributed by atoms with Crippen molar-refractivity contribution >= 4 is 29.7 Å². The topological polar surface area (TPSA) is 193 Å². The Hall–Kier alpha value is -6.67. The van der Waals surface area contributed by atoms with Gasteiger partial charge >= 0.3 is 18.2 Å². The smallest absolute Gasteiger partial charge is 0.407 e. The van der Waals surface area contributed by atoms with Crippen LogP contribution in [0, 0.1) is 40.2 Å². The molecule has 0 radical (unpaired) electrons. The van der Waals surface area contributed by atoms with Gasteiger partial charge in [0.1, 0.15) is 23.5 Å². The van der Waals surface area contributed by atoms with Gasteiger partial charge < -0.3 is 34.9 Å². The molecule has 2 unspecified atom stereocenters. The zero-order valence-corrected chi connectivity index (χ0v) is 44.8. The molecular formula is C56H68F5N9O8. The van der Waals surface area contributed by atoms with Gasteiger partial charge in [-0.15, -0.1) is 0 Å². The molecule has 420 valence electrons. The largest absolute Gasteiger partial charge is 0.469 e. The van der Waals surface area contributed by atoms with Crippen molar-refractivity contribution in [1.82, 2.24) is 40.7 Å². The van der Waals surface area contributed by atoms with Crippen molar-refractivity contribution in [3.63, 3.8) is 0 Å². The van der Waals surface area contributed by atoms with Gasteiger partial charge in [-0.25, -0.2) is 23.6 Å². The summed E-state index contributed by atoms with van der Waals surface area (Å²) >= 11 is 0. The van der Waals surface area contributed by atoms with Crippen molar-refractivity contribution in [2.45, 2.75) is 128 Å². The standard InChI is InChI=1S/C56H68F5N9O8/c1-54(2,3)42(25-49(72)76-6)51(73)66-68(29-41-43(57)23-36(24-44(41)58)45-20-21-69(65-45)37-15-16-37)30-47(71)46(63-52(74)50(64-53(75)77-7)55(4,5)56(59,60)61)22-34-11-8-33(9-12-34)10-13-35-14-19-48(62-26-35)67-27-38-17-18-39(28-67)70(38)40-31-78-32-40/h8-9,11-12,14,19-21,23-24,26,37-40,42,46-47,50,71H,15-18,22,25,27-32H2,1-7H3,(H,63,74)(H,64,75)(H,66,73)/t38?,39?,42-,46+,47+,50-/m1/s1. The van der Waals surface area contributed by atoms with Gasteiger partial charge in [-0.1, -0.05) is 44.7 Å². The Balaban J connectivity index is 1.05. The molecule has 4 fully saturated rings. The summed E-state index contributed by atoms with van der Waals surface area (Å²) in [4.78, 5) is 63.1. The van der Waals surface area contributed by atoms with Crippen molar-refractivity contribution in [1.29, 1.82) is 0 Å². The summed E-state index contributed by atoms with van der Waals surface area (Å²) in [6.45, 7) is 8.45. The Morgan fingerprint density at radius 1 is 0.833 bits per heavy atom. The van der Waals surface area contributed by atoms with Crippen LogP contribution < -0.4 is 21.0 Å². The summed E-state index contributed by atoms with van der Waals surface area (Å²) in [7, 11) is 2.07. The van der Waals surface area contributed by atoms with Crippen LogP contribution in [0.2, 0.25) is 0 Å². The molecule has 4 N–H and O–H groups in total. The first-order chi connectivity index (χ1) is 36.9. The number of amides is 3. The molecule has 22 heteroatoms. The number of hydrogen-bond donors (Lipinski definition) is 4. The molecule has 78 heavy (non-hydrogen) atoms. The third-order valence-corrected chi connectivity index (χ3v) is 15.3. The molecule has 3 aliphatic heterocycles. The Labute approximate surface area is 450 Å². The van der Waals surface area contributed by atoms with Crippen LogP contribution >= 0.6 is 0 Å². The molecule has 3 amide bonds. The van der Waals surface area contributed by atoms with E-state index in [-0.39, 0.29) is 18.0 Å². The van der Waals surface area contributed by atoms with Crippen LogP contribution in [-0.2, 0) is 41.6 Å². The SMILES string of the molecule is COC(=O)C[C@H](C(=O)NN(Cc1c(F)cc(-c2ccn(C3CC3)n2)cc1F)C[C@H](O)[C@H](Cc1ccc(C#Cc2ccc(N3CC4CCC(C3)N4C3COC3)nc2)cc1)NC(=O)[C@@H](NC(=O)OC)C(C)(C)C(F)(F)F)C(C)(C)C. The minimum absolute atomic E-state index is 0.143. The van der Waals surface area contributed by atoms with Gasteiger partial charge in [-0.05, 0) is 99.4 Å². The van der Waals surface area contributed by atoms with Crippen LogP contribution in [0.4, 0.5) is 32.6 Å². The number of esters is 1. The number of alkyl carbamates (subject to hydrolysis) is 1.